The Labute approximate surface area is 371 Å². The molecule has 2 N–H and O–H groups in total. The number of anilines is 2. The van der Waals surface area contributed by atoms with Gasteiger partial charge in [0.1, 0.15) is 4.90 Å². The van der Waals surface area contributed by atoms with Crippen LogP contribution >= 0.6 is 23.4 Å². The van der Waals surface area contributed by atoms with Gasteiger partial charge in [-0.1, -0.05) is 80.0 Å². The zero-order valence-electron chi connectivity index (χ0n) is 34.3. The molecule has 0 aliphatic carbocycles. The minimum atomic E-state index is -6.04. The molecule has 5 aromatic carbocycles. The average molecular weight is 929 g/mol. The molecular weight excluding hydrogens is 879 g/mol. The number of amides is 1. The summed E-state index contributed by atoms with van der Waals surface area (Å²) in [7, 11) is -10.9. The standard InChI is InChI=1S/C45H49ClF3N5O5S3/c1-3-52(4-2)25-24-37(32-60-39-11-6-5-7-12-39)50-42-23-22-40(30-43(42)61(56,57)45(47,48)49)62(58,59)51-44(55)34-16-20-38(21-17-34)54-28-26-53(27-29-54)31-35-10-8-9-13-41(35)33-14-18-36(46)19-15-33/h5-23,30,37,50H,3-4,24-29,31-32H2,1-2H3,(H,51,55)/t37-/m1/s1. The number of nitrogens with zero attached hydrogens (tertiary/aromatic N) is 3. The minimum absolute atomic E-state index is 0.0110. The highest BCUT2D eigenvalue weighted by Crippen LogP contribution is 2.37. The maximum absolute atomic E-state index is 14.1. The van der Waals surface area contributed by atoms with Crippen LogP contribution < -0.4 is 14.9 Å². The molecule has 5 aromatic rings. The topological polar surface area (TPSA) is 119 Å². The zero-order chi connectivity index (χ0) is 44.5. The number of sulfonamides is 1. The molecule has 1 aliphatic rings. The van der Waals surface area contributed by atoms with Crippen molar-refractivity contribution in [2.24, 2.45) is 0 Å². The molecule has 0 aromatic heterocycles. The summed E-state index contributed by atoms with van der Waals surface area (Å²) in [6.45, 7) is 9.77. The van der Waals surface area contributed by atoms with Crippen molar-refractivity contribution in [2.75, 3.05) is 61.8 Å². The largest absolute Gasteiger partial charge is 0.501 e. The number of benzene rings is 5. The number of carbonyl (C=O) groups excluding carboxylic acids is 1. The third-order valence-corrected chi connectivity index (χ3v) is 15.0. The van der Waals surface area contributed by atoms with Crippen molar-refractivity contribution in [2.45, 2.75) is 53.0 Å². The lowest BCUT2D eigenvalue weighted by molar-refractivity contribution is -0.0435. The molecule has 1 atom stereocenters. The van der Waals surface area contributed by atoms with E-state index >= 15 is 0 Å². The number of thioether (sulfide) groups is 1. The van der Waals surface area contributed by atoms with Crippen LogP contribution in [0.2, 0.25) is 5.02 Å². The number of alkyl halides is 3. The summed E-state index contributed by atoms with van der Waals surface area (Å²) in [6, 6.07) is 33.7. The number of piperazine rings is 1. The summed E-state index contributed by atoms with van der Waals surface area (Å²) in [5.74, 6) is -0.652. The maximum atomic E-state index is 14.1. The zero-order valence-corrected chi connectivity index (χ0v) is 37.5. The van der Waals surface area contributed by atoms with Gasteiger partial charge < -0.3 is 15.1 Å². The first-order valence-corrected chi connectivity index (χ1v) is 24.5. The first-order chi connectivity index (χ1) is 29.6. The molecule has 330 valence electrons. The fraction of sp³-hybridized carbons (Fsp3) is 0.311. The van der Waals surface area contributed by atoms with E-state index < -0.39 is 52.8 Å². The van der Waals surface area contributed by atoms with Crippen LogP contribution in [0.25, 0.3) is 11.1 Å². The Kier molecular flexibility index (Phi) is 15.7. The van der Waals surface area contributed by atoms with Gasteiger partial charge in [0.25, 0.3) is 25.8 Å². The van der Waals surface area contributed by atoms with E-state index in [1.54, 1.807) is 12.1 Å². The van der Waals surface area contributed by atoms with Gasteiger partial charge in [-0.05, 0) is 103 Å². The first kappa shape index (κ1) is 46.9. The van der Waals surface area contributed by atoms with Crippen LogP contribution in [-0.4, -0.2) is 95.7 Å². The minimum Gasteiger partial charge on any atom is -0.380 e. The Morgan fingerprint density at radius 2 is 1.47 bits per heavy atom. The molecule has 0 radical (unpaired) electrons. The predicted octanol–water partition coefficient (Wildman–Crippen LogP) is 9.05. The Hall–Kier alpha value is -4.58. The van der Waals surface area contributed by atoms with Crippen LogP contribution in [0, 0.1) is 0 Å². The van der Waals surface area contributed by atoms with Crippen LogP contribution in [0.5, 0.6) is 0 Å². The predicted molar refractivity (Wildman–Crippen MR) is 242 cm³/mol. The smallest absolute Gasteiger partial charge is 0.380 e. The molecule has 1 saturated heterocycles. The van der Waals surface area contributed by atoms with Gasteiger partial charge in [0.15, 0.2) is 0 Å². The summed E-state index contributed by atoms with van der Waals surface area (Å²) >= 11 is 7.56. The lowest BCUT2D eigenvalue weighted by atomic mass is 9.99. The maximum Gasteiger partial charge on any atom is 0.501 e. The molecule has 0 saturated carbocycles. The van der Waals surface area contributed by atoms with E-state index in [1.165, 1.54) is 29.5 Å². The fourth-order valence-corrected chi connectivity index (χ4v) is 10.3. The Morgan fingerprint density at radius 3 is 2.11 bits per heavy atom. The summed E-state index contributed by atoms with van der Waals surface area (Å²) < 4.78 is 97.2. The van der Waals surface area contributed by atoms with E-state index in [1.807, 2.05) is 85.3 Å². The fourth-order valence-electron chi connectivity index (χ4n) is 7.18. The van der Waals surface area contributed by atoms with Crippen molar-refractivity contribution in [1.82, 2.24) is 14.5 Å². The van der Waals surface area contributed by atoms with E-state index in [-0.39, 0.29) is 5.56 Å². The third kappa shape index (κ3) is 11.9. The van der Waals surface area contributed by atoms with E-state index in [2.05, 4.69) is 32.1 Å². The van der Waals surface area contributed by atoms with Gasteiger partial charge in [-0.2, -0.15) is 13.2 Å². The average Bonchev–Trinajstić information content (AvgIpc) is 3.26. The van der Waals surface area contributed by atoms with Crippen molar-refractivity contribution >= 4 is 60.5 Å². The van der Waals surface area contributed by atoms with Crippen molar-refractivity contribution in [1.29, 1.82) is 0 Å². The van der Waals surface area contributed by atoms with Crippen molar-refractivity contribution in [3.05, 3.63) is 137 Å². The highest BCUT2D eigenvalue weighted by Gasteiger charge is 2.48. The number of hydrogen-bond donors (Lipinski definition) is 2. The molecule has 1 heterocycles. The van der Waals surface area contributed by atoms with Gasteiger partial charge in [0, 0.05) is 72.2 Å². The second-order valence-corrected chi connectivity index (χ2v) is 19.9. The second kappa shape index (κ2) is 20.7. The Balaban J connectivity index is 1.13. The van der Waals surface area contributed by atoms with Crippen LogP contribution in [0.4, 0.5) is 24.5 Å². The second-order valence-electron chi connectivity index (χ2n) is 14.8. The molecule has 0 bridgehead atoms. The van der Waals surface area contributed by atoms with Crippen molar-refractivity contribution in [3.63, 3.8) is 0 Å². The molecule has 1 aliphatic heterocycles. The molecule has 6 rings (SSSR count). The third-order valence-electron chi connectivity index (χ3n) is 10.8. The monoisotopic (exact) mass is 927 g/mol. The van der Waals surface area contributed by atoms with Crippen molar-refractivity contribution < 1.29 is 34.8 Å². The number of carbonyl (C=O) groups is 1. The van der Waals surface area contributed by atoms with Crippen LogP contribution in [0.15, 0.2) is 136 Å². The number of hydrogen-bond acceptors (Lipinski definition) is 10. The molecule has 1 fully saturated rings. The quantitative estimate of drug-likeness (QED) is 0.0825. The van der Waals surface area contributed by atoms with Gasteiger partial charge >= 0.3 is 5.51 Å². The van der Waals surface area contributed by atoms with Gasteiger partial charge in [-0.3, -0.25) is 9.69 Å². The molecule has 10 nitrogen and oxygen atoms in total. The SMILES string of the molecule is CCN(CC)CC[C@H](CSc1ccccc1)Nc1ccc(S(=O)(=O)NC(=O)c2ccc(N3CCN(Cc4ccccc4-c4ccc(Cl)cc4)CC3)cc2)cc1S(=O)(=O)C(F)(F)F. The molecule has 1 amide bonds. The summed E-state index contributed by atoms with van der Waals surface area (Å²) in [6.07, 6.45) is 0.457. The Morgan fingerprint density at radius 1 is 0.823 bits per heavy atom. The summed E-state index contributed by atoms with van der Waals surface area (Å²) in [4.78, 5) is 18.8. The molecule has 0 spiro atoms. The molecule has 17 heteroatoms. The molecular formula is C45H49ClF3N5O5S3. The van der Waals surface area contributed by atoms with Crippen LogP contribution in [-0.2, 0) is 26.4 Å². The van der Waals surface area contributed by atoms with Gasteiger partial charge in [-0.25, -0.2) is 21.6 Å². The van der Waals surface area contributed by atoms with E-state index in [0.29, 0.717) is 42.9 Å². The summed E-state index contributed by atoms with van der Waals surface area (Å²) in [5.41, 5.74) is -1.89. The normalized spacial score (nSPS) is 14.5. The lowest BCUT2D eigenvalue weighted by Gasteiger charge is -2.36. The highest BCUT2D eigenvalue weighted by molar-refractivity contribution is 7.99. The van der Waals surface area contributed by atoms with E-state index in [4.69, 9.17) is 11.6 Å². The van der Waals surface area contributed by atoms with Gasteiger partial charge in [-0.15, -0.1) is 11.8 Å². The van der Waals surface area contributed by atoms with Crippen molar-refractivity contribution in [3.8, 4) is 11.1 Å². The number of sulfone groups is 1. The number of nitrogens with one attached hydrogen (secondary N) is 2. The van der Waals surface area contributed by atoms with Gasteiger partial charge in [0.2, 0.25) is 0 Å². The van der Waals surface area contributed by atoms with Crippen LogP contribution in [0.3, 0.4) is 0 Å². The molecule has 62 heavy (non-hydrogen) atoms. The number of halogens is 4. The van der Waals surface area contributed by atoms with E-state index in [9.17, 15) is 34.8 Å². The first-order valence-electron chi connectivity index (χ1n) is 20.2. The lowest BCUT2D eigenvalue weighted by Crippen LogP contribution is -2.46. The Bertz CT molecular complexity index is 2500. The highest BCUT2D eigenvalue weighted by atomic mass is 35.5. The van der Waals surface area contributed by atoms with Gasteiger partial charge in [0.05, 0.1) is 10.6 Å². The summed E-state index contributed by atoms with van der Waals surface area (Å²) in [5, 5.41) is 3.66. The van der Waals surface area contributed by atoms with E-state index in [0.717, 1.165) is 66.6 Å². The molecule has 0 unspecified atom stereocenters. The number of rotatable bonds is 18. The van der Waals surface area contributed by atoms with Crippen LogP contribution in [0.1, 0.15) is 36.2 Å².